The molecule has 112 valence electrons. The number of amides is 2. The molecule has 2 aliphatic heterocycles. The quantitative estimate of drug-likeness (QED) is 0.901. The zero-order chi connectivity index (χ0) is 14.8. The Morgan fingerprint density at radius 1 is 1.29 bits per heavy atom. The Morgan fingerprint density at radius 3 is 2.71 bits per heavy atom. The van der Waals surface area contributed by atoms with Gasteiger partial charge in [-0.3, -0.25) is 9.59 Å². The highest BCUT2D eigenvalue weighted by atomic mass is 35.5. The summed E-state index contributed by atoms with van der Waals surface area (Å²) < 4.78 is 5.52. The molecule has 0 unspecified atom stereocenters. The van der Waals surface area contributed by atoms with Crippen LogP contribution in [-0.4, -0.2) is 42.5 Å². The van der Waals surface area contributed by atoms with Crippen molar-refractivity contribution in [1.82, 2.24) is 10.2 Å². The van der Waals surface area contributed by atoms with Gasteiger partial charge >= 0.3 is 0 Å². The fourth-order valence-electron chi connectivity index (χ4n) is 2.85. The van der Waals surface area contributed by atoms with E-state index in [-0.39, 0.29) is 18.4 Å². The molecule has 2 saturated heterocycles. The number of ether oxygens (including phenoxy) is 1. The molecule has 2 aliphatic rings. The van der Waals surface area contributed by atoms with Crippen LogP contribution in [0.2, 0.25) is 5.02 Å². The zero-order valence-electron chi connectivity index (χ0n) is 11.5. The highest BCUT2D eigenvalue weighted by Gasteiger charge is 2.39. The monoisotopic (exact) mass is 308 g/mol. The van der Waals surface area contributed by atoms with E-state index in [9.17, 15) is 9.59 Å². The van der Waals surface area contributed by atoms with Gasteiger partial charge in [-0.15, -0.1) is 0 Å². The first-order valence-corrected chi connectivity index (χ1v) is 7.49. The molecule has 0 bridgehead atoms. The van der Waals surface area contributed by atoms with Crippen LogP contribution in [0.15, 0.2) is 24.3 Å². The molecule has 1 N–H and O–H groups in total. The Hall–Kier alpha value is -1.59. The lowest BCUT2D eigenvalue weighted by Crippen LogP contribution is -2.53. The summed E-state index contributed by atoms with van der Waals surface area (Å²) in [5.41, 5.74) is 0.713. The predicted molar refractivity (Wildman–Crippen MR) is 77.9 cm³/mol. The lowest BCUT2D eigenvalue weighted by molar-refractivity contribution is -0.154. The number of nitrogens with one attached hydrogen (secondary N) is 1. The maximum Gasteiger partial charge on any atom is 0.254 e. The Kier molecular flexibility index (Phi) is 4.12. The second-order valence-corrected chi connectivity index (χ2v) is 5.74. The van der Waals surface area contributed by atoms with Crippen molar-refractivity contribution in [2.24, 2.45) is 0 Å². The molecular formula is C15H17ClN2O3. The van der Waals surface area contributed by atoms with Crippen molar-refractivity contribution in [2.75, 3.05) is 19.7 Å². The summed E-state index contributed by atoms with van der Waals surface area (Å²) in [7, 11) is 0. The summed E-state index contributed by atoms with van der Waals surface area (Å²) >= 11 is 6.20. The Morgan fingerprint density at radius 2 is 2.00 bits per heavy atom. The van der Waals surface area contributed by atoms with E-state index in [1.54, 1.807) is 11.0 Å². The molecule has 6 heteroatoms. The molecule has 0 aromatic heterocycles. The number of rotatable bonds is 2. The fraction of sp³-hybridized carbons (Fsp3) is 0.467. The molecule has 0 spiro atoms. The molecule has 2 amide bonds. The smallest absolute Gasteiger partial charge is 0.254 e. The largest absolute Gasteiger partial charge is 0.356 e. The maximum atomic E-state index is 12.6. The molecule has 1 aromatic rings. The molecule has 1 aromatic carbocycles. The Labute approximate surface area is 128 Å². The normalized spacial score (nSPS) is 25.8. The van der Waals surface area contributed by atoms with E-state index < -0.39 is 12.1 Å². The molecule has 3 rings (SSSR count). The van der Waals surface area contributed by atoms with Gasteiger partial charge in [0.1, 0.15) is 6.61 Å². The highest BCUT2D eigenvalue weighted by molar-refractivity contribution is 6.31. The van der Waals surface area contributed by atoms with Gasteiger partial charge in [0.2, 0.25) is 5.91 Å². The number of nitrogens with zero attached hydrogens (tertiary/aromatic N) is 1. The van der Waals surface area contributed by atoms with E-state index >= 15 is 0 Å². The lowest BCUT2D eigenvalue weighted by atomic mass is 9.98. The van der Waals surface area contributed by atoms with Gasteiger partial charge in [-0.1, -0.05) is 29.8 Å². The number of morpholine rings is 1. The zero-order valence-corrected chi connectivity index (χ0v) is 12.3. The molecule has 2 fully saturated rings. The van der Waals surface area contributed by atoms with Crippen LogP contribution in [-0.2, 0) is 14.3 Å². The maximum absolute atomic E-state index is 12.6. The molecule has 2 atom stereocenters. The number of carbonyl (C=O) groups excluding carboxylic acids is 2. The highest BCUT2D eigenvalue weighted by Crippen LogP contribution is 2.30. The van der Waals surface area contributed by atoms with Gasteiger partial charge < -0.3 is 15.0 Å². The van der Waals surface area contributed by atoms with Crippen LogP contribution >= 0.6 is 11.6 Å². The van der Waals surface area contributed by atoms with Crippen molar-refractivity contribution in [1.29, 1.82) is 0 Å². The average Bonchev–Trinajstić information content (AvgIpc) is 3.01. The number of hydrogen-bond acceptors (Lipinski definition) is 3. The summed E-state index contributed by atoms with van der Waals surface area (Å²) in [6.07, 6.45) is 1.32. The number of halogens is 1. The molecular weight excluding hydrogens is 292 g/mol. The molecule has 2 heterocycles. The van der Waals surface area contributed by atoms with Crippen molar-refractivity contribution in [3.63, 3.8) is 0 Å². The first kappa shape index (κ1) is 14.4. The van der Waals surface area contributed by atoms with Crippen molar-refractivity contribution in [2.45, 2.75) is 25.0 Å². The van der Waals surface area contributed by atoms with Crippen LogP contribution in [0, 0.1) is 0 Å². The molecule has 0 aliphatic carbocycles. The summed E-state index contributed by atoms with van der Waals surface area (Å²) in [4.78, 5) is 26.0. The van der Waals surface area contributed by atoms with E-state index in [4.69, 9.17) is 16.3 Å². The second-order valence-electron chi connectivity index (χ2n) is 5.33. The molecule has 21 heavy (non-hydrogen) atoms. The summed E-state index contributed by atoms with van der Waals surface area (Å²) in [5, 5.41) is 3.35. The lowest BCUT2D eigenvalue weighted by Gasteiger charge is -2.34. The Balaban J connectivity index is 1.88. The minimum Gasteiger partial charge on any atom is -0.356 e. The first-order chi connectivity index (χ1) is 10.2. The van der Waals surface area contributed by atoms with Crippen molar-refractivity contribution < 1.29 is 14.3 Å². The SMILES string of the molecule is O=C1CO[C@H](C(=O)N2CCCC2)[C@@H](c2ccccc2Cl)N1. The first-order valence-electron chi connectivity index (χ1n) is 7.11. The molecule has 0 saturated carbocycles. The summed E-state index contributed by atoms with van der Waals surface area (Å²) in [6, 6.07) is 6.67. The van der Waals surface area contributed by atoms with Gasteiger partial charge in [0.25, 0.3) is 5.91 Å². The standard InChI is InChI=1S/C15H17ClN2O3/c16-11-6-2-1-5-10(11)13-14(21-9-12(19)17-13)15(20)18-7-3-4-8-18/h1-2,5-6,13-14H,3-4,7-9H2,(H,17,19)/t13-,14+/m1/s1. The van der Waals surface area contributed by atoms with E-state index in [0.29, 0.717) is 10.6 Å². The number of hydrogen-bond donors (Lipinski definition) is 1. The third-order valence-corrected chi connectivity index (χ3v) is 4.26. The van der Waals surface area contributed by atoms with Gasteiger partial charge in [-0.25, -0.2) is 0 Å². The predicted octanol–water partition coefficient (Wildman–Crippen LogP) is 1.52. The van der Waals surface area contributed by atoms with Crippen LogP contribution < -0.4 is 5.32 Å². The van der Waals surface area contributed by atoms with Gasteiger partial charge in [0, 0.05) is 18.1 Å². The van der Waals surface area contributed by atoms with Gasteiger partial charge in [-0.05, 0) is 24.5 Å². The minimum absolute atomic E-state index is 0.0718. The minimum atomic E-state index is -0.708. The van der Waals surface area contributed by atoms with E-state index in [2.05, 4.69) is 5.32 Å². The molecule has 0 radical (unpaired) electrons. The van der Waals surface area contributed by atoms with E-state index in [1.165, 1.54) is 0 Å². The number of carbonyl (C=O) groups is 2. The van der Waals surface area contributed by atoms with E-state index in [0.717, 1.165) is 25.9 Å². The van der Waals surface area contributed by atoms with E-state index in [1.807, 2.05) is 18.2 Å². The Bertz CT molecular complexity index is 558. The average molecular weight is 309 g/mol. The second kappa shape index (κ2) is 6.03. The molecule has 5 nitrogen and oxygen atoms in total. The van der Waals surface area contributed by atoms with Crippen LogP contribution in [0.4, 0.5) is 0 Å². The fourth-order valence-corrected chi connectivity index (χ4v) is 3.11. The third kappa shape index (κ3) is 2.89. The van der Waals surface area contributed by atoms with Crippen LogP contribution in [0.5, 0.6) is 0 Å². The van der Waals surface area contributed by atoms with Crippen LogP contribution in [0.3, 0.4) is 0 Å². The van der Waals surface area contributed by atoms with Crippen LogP contribution in [0.25, 0.3) is 0 Å². The number of benzene rings is 1. The van der Waals surface area contributed by atoms with Gasteiger partial charge in [0.05, 0.1) is 6.04 Å². The number of likely N-dealkylation sites (tertiary alicyclic amines) is 1. The van der Waals surface area contributed by atoms with Crippen molar-refractivity contribution in [3.05, 3.63) is 34.9 Å². The van der Waals surface area contributed by atoms with Crippen LogP contribution in [0.1, 0.15) is 24.4 Å². The van der Waals surface area contributed by atoms with Gasteiger partial charge in [0.15, 0.2) is 6.10 Å². The van der Waals surface area contributed by atoms with Crippen molar-refractivity contribution >= 4 is 23.4 Å². The van der Waals surface area contributed by atoms with Gasteiger partial charge in [-0.2, -0.15) is 0 Å². The topological polar surface area (TPSA) is 58.6 Å². The summed E-state index contributed by atoms with van der Waals surface area (Å²) in [5.74, 6) is -0.303. The third-order valence-electron chi connectivity index (χ3n) is 3.91. The summed E-state index contributed by atoms with van der Waals surface area (Å²) in [6.45, 7) is 1.41. The van der Waals surface area contributed by atoms with Crippen molar-refractivity contribution in [3.8, 4) is 0 Å².